The molecule has 1 N–H and O–H groups in total. The van der Waals surface area contributed by atoms with E-state index in [1.807, 2.05) is 57.2 Å². The minimum absolute atomic E-state index is 0.155. The van der Waals surface area contributed by atoms with Crippen LogP contribution in [0.25, 0.3) is 0 Å². The topological polar surface area (TPSA) is 58.6 Å². The number of hydrogen-bond donors (Lipinski definition) is 1. The van der Waals surface area contributed by atoms with Crippen LogP contribution in [0.5, 0.6) is 5.75 Å². The average Bonchev–Trinajstić information content (AvgIpc) is 2.68. The molecule has 0 aliphatic heterocycles. The second-order valence-electron chi connectivity index (χ2n) is 9.05. The fourth-order valence-corrected chi connectivity index (χ4v) is 3.41. The zero-order valence-electron chi connectivity index (χ0n) is 19.2. The normalized spacial score (nSPS) is 12.4. The van der Waals surface area contributed by atoms with Gasteiger partial charge in [0, 0.05) is 17.1 Å². The Morgan fingerprint density at radius 2 is 1.74 bits per heavy atom. The lowest BCUT2D eigenvalue weighted by Crippen LogP contribution is -2.53. The van der Waals surface area contributed by atoms with Gasteiger partial charge in [0.1, 0.15) is 11.8 Å². The molecule has 2 aromatic rings. The van der Waals surface area contributed by atoms with Gasteiger partial charge in [-0.05, 0) is 62.9 Å². The van der Waals surface area contributed by atoms with Gasteiger partial charge >= 0.3 is 0 Å². The third-order valence-corrected chi connectivity index (χ3v) is 5.03. The van der Waals surface area contributed by atoms with E-state index in [1.54, 1.807) is 19.1 Å². The molecule has 0 spiro atoms. The van der Waals surface area contributed by atoms with Crippen molar-refractivity contribution in [3.05, 3.63) is 64.7 Å². The van der Waals surface area contributed by atoms with Crippen molar-refractivity contribution in [3.8, 4) is 5.75 Å². The summed E-state index contributed by atoms with van der Waals surface area (Å²) in [5.41, 5.74) is 1.48. The number of ether oxygens (including phenoxy) is 1. The van der Waals surface area contributed by atoms with Gasteiger partial charge in [-0.3, -0.25) is 9.59 Å². The highest BCUT2D eigenvalue weighted by Crippen LogP contribution is 2.26. The summed E-state index contributed by atoms with van der Waals surface area (Å²) in [6.07, 6.45) is 0. The monoisotopic (exact) mass is 444 g/mol. The van der Waals surface area contributed by atoms with Crippen molar-refractivity contribution >= 4 is 23.4 Å². The van der Waals surface area contributed by atoms with Crippen LogP contribution in [0.4, 0.5) is 0 Å². The number of hydrogen-bond acceptors (Lipinski definition) is 3. The number of benzene rings is 2. The maximum absolute atomic E-state index is 13.2. The number of carbonyl (C=O) groups excluding carboxylic acids is 2. The minimum Gasteiger partial charge on any atom is -0.483 e. The van der Waals surface area contributed by atoms with Crippen molar-refractivity contribution < 1.29 is 14.3 Å². The first-order valence-corrected chi connectivity index (χ1v) is 10.9. The smallest absolute Gasteiger partial charge is 0.261 e. The highest BCUT2D eigenvalue weighted by atomic mass is 35.5. The van der Waals surface area contributed by atoms with Gasteiger partial charge in [-0.15, -0.1) is 0 Å². The molecule has 2 rings (SSSR count). The van der Waals surface area contributed by atoms with Gasteiger partial charge < -0.3 is 15.0 Å². The largest absolute Gasteiger partial charge is 0.483 e. The van der Waals surface area contributed by atoms with Gasteiger partial charge in [0.15, 0.2) is 6.61 Å². The predicted molar refractivity (Wildman–Crippen MR) is 125 cm³/mol. The van der Waals surface area contributed by atoms with Crippen LogP contribution in [-0.4, -0.2) is 34.9 Å². The van der Waals surface area contributed by atoms with Crippen LogP contribution in [0.2, 0.25) is 5.02 Å². The highest BCUT2D eigenvalue weighted by Gasteiger charge is 2.29. The summed E-state index contributed by atoms with van der Waals surface area (Å²) in [5.74, 6) is 0.464. The zero-order valence-corrected chi connectivity index (χ0v) is 20.0. The van der Waals surface area contributed by atoms with E-state index in [0.717, 1.165) is 11.1 Å². The molecule has 0 aliphatic rings. The van der Waals surface area contributed by atoms with Crippen molar-refractivity contribution in [1.29, 1.82) is 0 Å². The van der Waals surface area contributed by atoms with Gasteiger partial charge in [0.05, 0.1) is 0 Å². The summed E-state index contributed by atoms with van der Waals surface area (Å²) < 4.78 is 5.88. The van der Waals surface area contributed by atoms with Gasteiger partial charge in [-0.1, -0.05) is 55.8 Å². The molecule has 31 heavy (non-hydrogen) atoms. The van der Waals surface area contributed by atoms with E-state index in [1.165, 1.54) is 4.90 Å². The number of rotatable bonds is 8. The Hall–Kier alpha value is -2.53. The Labute approximate surface area is 190 Å². The second kappa shape index (κ2) is 10.7. The molecule has 0 unspecified atom stereocenters. The predicted octanol–water partition coefficient (Wildman–Crippen LogP) is 5.17. The van der Waals surface area contributed by atoms with E-state index in [2.05, 4.69) is 19.2 Å². The molecule has 0 aliphatic carbocycles. The molecule has 0 bridgehead atoms. The molecular weight excluding hydrogens is 412 g/mol. The molecule has 6 heteroatoms. The maximum Gasteiger partial charge on any atom is 0.261 e. The highest BCUT2D eigenvalue weighted by molar-refractivity contribution is 6.30. The van der Waals surface area contributed by atoms with Crippen LogP contribution < -0.4 is 10.1 Å². The SMILES string of the molecule is CC(C)c1ccccc1OCC(=O)N(Cc1cccc(Cl)c1)[C@@H](C)C(=O)NC(C)(C)C. The van der Waals surface area contributed by atoms with E-state index in [4.69, 9.17) is 16.3 Å². The van der Waals surface area contributed by atoms with E-state index in [0.29, 0.717) is 10.8 Å². The van der Waals surface area contributed by atoms with E-state index >= 15 is 0 Å². The summed E-state index contributed by atoms with van der Waals surface area (Å²) in [4.78, 5) is 27.5. The molecule has 2 aromatic carbocycles. The van der Waals surface area contributed by atoms with Crippen LogP contribution in [0.15, 0.2) is 48.5 Å². The van der Waals surface area contributed by atoms with Crippen LogP contribution in [-0.2, 0) is 16.1 Å². The molecule has 2 amide bonds. The van der Waals surface area contributed by atoms with Gasteiger partial charge in [0.25, 0.3) is 5.91 Å². The van der Waals surface area contributed by atoms with Crippen LogP contribution >= 0.6 is 11.6 Å². The Balaban J connectivity index is 2.22. The standard InChI is InChI=1S/C25H33ClN2O3/c1-17(2)21-12-7-8-13-22(21)31-16-23(29)28(15-19-10-9-11-20(26)14-19)18(3)24(30)27-25(4,5)6/h7-14,17-18H,15-16H2,1-6H3,(H,27,30)/t18-/m0/s1. The van der Waals surface area contributed by atoms with Crippen LogP contribution in [0.1, 0.15) is 58.6 Å². The Kier molecular flexibility index (Phi) is 8.52. The van der Waals surface area contributed by atoms with Gasteiger partial charge in [-0.2, -0.15) is 0 Å². The van der Waals surface area contributed by atoms with Crippen molar-refractivity contribution in [2.24, 2.45) is 0 Å². The number of nitrogens with zero attached hydrogens (tertiary/aromatic N) is 1. The number of amides is 2. The molecule has 0 fully saturated rings. The maximum atomic E-state index is 13.2. The summed E-state index contributed by atoms with van der Waals surface area (Å²) in [6.45, 7) is 11.7. The molecule has 1 atom stereocenters. The lowest BCUT2D eigenvalue weighted by molar-refractivity contribution is -0.142. The van der Waals surface area contributed by atoms with E-state index in [9.17, 15) is 9.59 Å². The summed E-state index contributed by atoms with van der Waals surface area (Å²) in [7, 11) is 0. The molecular formula is C25H33ClN2O3. The molecule has 0 saturated heterocycles. The van der Waals surface area contributed by atoms with E-state index in [-0.39, 0.29) is 30.9 Å². The first-order valence-electron chi connectivity index (χ1n) is 10.6. The number of nitrogens with one attached hydrogen (secondary N) is 1. The average molecular weight is 445 g/mol. The first kappa shape index (κ1) is 24.7. The Morgan fingerprint density at radius 3 is 2.35 bits per heavy atom. The number of halogens is 1. The van der Waals surface area contributed by atoms with Crippen molar-refractivity contribution in [3.63, 3.8) is 0 Å². The summed E-state index contributed by atoms with van der Waals surface area (Å²) >= 11 is 6.12. The van der Waals surface area contributed by atoms with Gasteiger partial charge in [0.2, 0.25) is 5.91 Å². The van der Waals surface area contributed by atoms with E-state index < -0.39 is 11.6 Å². The molecule has 168 valence electrons. The molecule has 0 heterocycles. The summed E-state index contributed by atoms with van der Waals surface area (Å²) in [6, 6.07) is 14.3. The van der Waals surface area contributed by atoms with Crippen molar-refractivity contribution in [2.45, 2.75) is 65.6 Å². The summed E-state index contributed by atoms with van der Waals surface area (Å²) in [5, 5.41) is 3.53. The van der Waals surface area contributed by atoms with Crippen molar-refractivity contribution in [2.75, 3.05) is 6.61 Å². The third kappa shape index (κ3) is 7.59. The fourth-order valence-electron chi connectivity index (χ4n) is 3.20. The lowest BCUT2D eigenvalue weighted by Gasteiger charge is -2.31. The Bertz CT molecular complexity index is 906. The number of carbonyl (C=O) groups is 2. The molecule has 0 saturated carbocycles. The van der Waals surface area contributed by atoms with Crippen molar-refractivity contribution in [1.82, 2.24) is 10.2 Å². The first-order chi connectivity index (χ1) is 14.5. The Morgan fingerprint density at radius 1 is 1.06 bits per heavy atom. The number of para-hydroxylation sites is 1. The molecule has 5 nitrogen and oxygen atoms in total. The van der Waals surface area contributed by atoms with Crippen LogP contribution in [0.3, 0.4) is 0 Å². The molecule has 0 aromatic heterocycles. The second-order valence-corrected chi connectivity index (χ2v) is 9.48. The molecule has 0 radical (unpaired) electrons. The quantitative estimate of drug-likeness (QED) is 0.610. The lowest BCUT2D eigenvalue weighted by atomic mass is 10.0. The van der Waals surface area contributed by atoms with Gasteiger partial charge in [-0.25, -0.2) is 0 Å². The zero-order chi connectivity index (χ0) is 23.2. The minimum atomic E-state index is -0.672. The third-order valence-electron chi connectivity index (χ3n) is 4.80. The fraction of sp³-hybridized carbons (Fsp3) is 0.440. The van der Waals surface area contributed by atoms with Crippen LogP contribution in [0, 0.1) is 0 Å².